The molecule has 1 aromatic rings. The first-order valence-electron chi connectivity index (χ1n) is 6.77. The summed E-state index contributed by atoms with van der Waals surface area (Å²) in [5, 5.41) is 9.33. The lowest BCUT2D eigenvalue weighted by atomic mass is 10.1. The highest BCUT2D eigenvalue weighted by Gasteiger charge is 2.42. The van der Waals surface area contributed by atoms with Crippen LogP contribution < -0.4 is 0 Å². The third-order valence-corrected chi connectivity index (χ3v) is 3.16. The molecule has 1 aromatic carbocycles. The maximum absolute atomic E-state index is 9.33. The van der Waals surface area contributed by atoms with E-state index < -0.39 is 5.79 Å². The fourth-order valence-corrected chi connectivity index (χ4v) is 2.27. The lowest BCUT2D eigenvalue weighted by Gasteiger charge is -2.18. The molecular formula is C16H22O4. The summed E-state index contributed by atoms with van der Waals surface area (Å²) < 4.78 is 17.0. The number of ether oxygens (including phenoxy) is 3. The minimum absolute atomic E-state index is 0.0915. The largest absolute Gasteiger partial charge is 0.394 e. The molecule has 1 saturated heterocycles. The molecule has 1 heterocycles. The highest BCUT2D eigenvalue weighted by Crippen LogP contribution is 2.31. The Bertz CT molecular complexity index is 441. The smallest absolute Gasteiger partial charge is 0.164 e. The maximum atomic E-state index is 9.33. The monoisotopic (exact) mass is 278 g/mol. The van der Waals surface area contributed by atoms with Gasteiger partial charge in [-0.3, -0.25) is 0 Å². The van der Waals surface area contributed by atoms with Crippen molar-refractivity contribution in [1.29, 1.82) is 0 Å². The lowest BCUT2D eigenvalue weighted by Crippen LogP contribution is -2.29. The molecule has 0 amide bonds. The summed E-state index contributed by atoms with van der Waals surface area (Å²) in [5.74, 6) is -0.694. The zero-order valence-corrected chi connectivity index (χ0v) is 12.0. The van der Waals surface area contributed by atoms with E-state index in [1.54, 1.807) is 0 Å². The van der Waals surface area contributed by atoms with Gasteiger partial charge in [-0.05, 0) is 25.0 Å². The van der Waals surface area contributed by atoms with Gasteiger partial charge in [-0.1, -0.05) is 36.9 Å². The Balaban J connectivity index is 1.83. The third-order valence-electron chi connectivity index (χ3n) is 3.16. The molecule has 4 nitrogen and oxygen atoms in total. The van der Waals surface area contributed by atoms with Gasteiger partial charge in [0.2, 0.25) is 0 Å². The Morgan fingerprint density at radius 3 is 2.65 bits per heavy atom. The quantitative estimate of drug-likeness (QED) is 0.811. The Morgan fingerprint density at radius 2 is 2.00 bits per heavy atom. The Hall–Kier alpha value is -1.20. The highest BCUT2D eigenvalue weighted by molar-refractivity contribution is 5.14. The van der Waals surface area contributed by atoms with Gasteiger partial charge in [0, 0.05) is 0 Å². The molecule has 0 unspecified atom stereocenters. The molecule has 20 heavy (non-hydrogen) atoms. The molecule has 1 N–H and O–H groups in total. The van der Waals surface area contributed by atoms with E-state index in [4.69, 9.17) is 14.2 Å². The summed E-state index contributed by atoms with van der Waals surface area (Å²) in [7, 11) is 0. The van der Waals surface area contributed by atoms with Gasteiger partial charge in [0.15, 0.2) is 5.79 Å². The molecule has 1 fully saturated rings. The van der Waals surface area contributed by atoms with Crippen molar-refractivity contribution in [2.24, 2.45) is 0 Å². The van der Waals surface area contributed by atoms with Crippen LogP contribution in [0.15, 0.2) is 42.5 Å². The number of rotatable bonds is 6. The van der Waals surface area contributed by atoms with E-state index >= 15 is 0 Å². The van der Waals surface area contributed by atoms with E-state index in [1.807, 2.05) is 44.2 Å². The van der Waals surface area contributed by atoms with E-state index in [-0.39, 0.29) is 18.8 Å². The van der Waals surface area contributed by atoms with E-state index in [1.165, 1.54) is 0 Å². The van der Waals surface area contributed by atoms with Crippen LogP contribution in [-0.2, 0) is 20.8 Å². The van der Waals surface area contributed by atoms with Crippen molar-refractivity contribution in [2.45, 2.75) is 38.4 Å². The predicted molar refractivity (Wildman–Crippen MR) is 76.1 cm³/mol. The fourth-order valence-electron chi connectivity index (χ4n) is 2.27. The fraction of sp³-hybridized carbons (Fsp3) is 0.500. The van der Waals surface area contributed by atoms with Gasteiger partial charge in [0.05, 0.1) is 19.8 Å². The molecule has 0 saturated carbocycles. The Kier molecular flexibility index (Phi) is 4.94. The van der Waals surface area contributed by atoms with E-state index in [9.17, 15) is 5.11 Å². The molecule has 0 spiro atoms. The van der Waals surface area contributed by atoms with Crippen LogP contribution in [-0.4, -0.2) is 36.3 Å². The average molecular weight is 278 g/mol. The van der Waals surface area contributed by atoms with E-state index in [2.05, 4.69) is 6.58 Å². The second-order valence-corrected chi connectivity index (χ2v) is 5.41. The van der Waals surface area contributed by atoms with Crippen molar-refractivity contribution in [3.8, 4) is 0 Å². The van der Waals surface area contributed by atoms with Crippen LogP contribution in [0.5, 0.6) is 0 Å². The van der Waals surface area contributed by atoms with Crippen LogP contribution in [0.25, 0.3) is 0 Å². The summed E-state index contributed by atoms with van der Waals surface area (Å²) in [5.41, 5.74) is 1.90. The van der Waals surface area contributed by atoms with E-state index in [0.717, 1.165) is 11.1 Å². The van der Waals surface area contributed by atoms with Crippen molar-refractivity contribution in [1.82, 2.24) is 0 Å². The molecular weight excluding hydrogens is 256 g/mol. The number of hydrogen-bond donors (Lipinski definition) is 1. The summed E-state index contributed by atoms with van der Waals surface area (Å²) in [4.78, 5) is 0. The summed E-state index contributed by atoms with van der Waals surface area (Å²) in [6.07, 6.45) is -0.705. The Labute approximate surface area is 120 Å². The SMILES string of the molecule is C=C(COCc1ccccc1)[C@H]1OC(C)(C)O[C@H]1CO. The lowest BCUT2D eigenvalue weighted by molar-refractivity contribution is -0.147. The summed E-state index contributed by atoms with van der Waals surface area (Å²) in [6.45, 7) is 8.47. The third kappa shape index (κ3) is 3.90. The molecule has 2 rings (SSSR count). The van der Waals surface area contributed by atoms with Crippen LogP contribution in [0.1, 0.15) is 19.4 Å². The summed E-state index contributed by atoms with van der Waals surface area (Å²) >= 11 is 0. The van der Waals surface area contributed by atoms with Crippen LogP contribution in [0.3, 0.4) is 0 Å². The van der Waals surface area contributed by atoms with Crippen molar-refractivity contribution >= 4 is 0 Å². The minimum atomic E-state index is -0.694. The van der Waals surface area contributed by atoms with Crippen LogP contribution >= 0.6 is 0 Å². The summed E-state index contributed by atoms with van der Waals surface area (Å²) in [6, 6.07) is 9.95. The minimum Gasteiger partial charge on any atom is -0.394 e. The Morgan fingerprint density at radius 1 is 1.30 bits per heavy atom. The molecule has 1 aliphatic rings. The van der Waals surface area contributed by atoms with Crippen LogP contribution in [0, 0.1) is 0 Å². The standard InChI is InChI=1S/C16H22O4/c1-12(10-18-11-13-7-5-4-6-8-13)15-14(9-17)19-16(2,3)20-15/h4-8,14-15,17H,1,9-11H2,2-3H3/t14-,15+/m0/s1. The van der Waals surface area contributed by atoms with Crippen molar-refractivity contribution < 1.29 is 19.3 Å². The number of aliphatic hydroxyl groups excluding tert-OH is 1. The normalized spacial score (nSPS) is 24.8. The molecule has 0 radical (unpaired) electrons. The highest BCUT2D eigenvalue weighted by atomic mass is 16.8. The zero-order chi connectivity index (χ0) is 14.6. The second-order valence-electron chi connectivity index (χ2n) is 5.41. The van der Waals surface area contributed by atoms with Gasteiger partial charge in [0.25, 0.3) is 0 Å². The molecule has 1 aliphatic heterocycles. The number of benzene rings is 1. The van der Waals surface area contributed by atoms with Gasteiger partial charge >= 0.3 is 0 Å². The zero-order valence-electron chi connectivity index (χ0n) is 12.0. The van der Waals surface area contributed by atoms with Crippen molar-refractivity contribution in [2.75, 3.05) is 13.2 Å². The predicted octanol–water partition coefficient (Wildman–Crippen LogP) is 2.27. The maximum Gasteiger partial charge on any atom is 0.164 e. The first-order chi connectivity index (χ1) is 9.52. The molecule has 0 bridgehead atoms. The van der Waals surface area contributed by atoms with Gasteiger partial charge < -0.3 is 19.3 Å². The number of hydrogen-bond acceptors (Lipinski definition) is 4. The van der Waals surface area contributed by atoms with Crippen LogP contribution in [0.4, 0.5) is 0 Å². The molecule has 0 aliphatic carbocycles. The second kappa shape index (κ2) is 6.50. The molecule has 0 aromatic heterocycles. The first-order valence-corrected chi connectivity index (χ1v) is 6.77. The van der Waals surface area contributed by atoms with Gasteiger partial charge in [-0.15, -0.1) is 0 Å². The number of aliphatic hydroxyl groups is 1. The molecule has 2 atom stereocenters. The van der Waals surface area contributed by atoms with E-state index in [0.29, 0.717) is 13.2 Å². The van der Waals surface area contributed by atoms with Gasteiger partial charge in [-0.2, -0.15) is 0 Å². The van der Waals surface area contributed by atoms with Gasteiger partial charge in [-0.25, -0.2) is 0 Å². The molecule has 110 valence electrons. The van der Waals surface area contributed by atoms with Crippen molar-refractivity contribution in [3.63, 3.8) is 0 Å². The first kappa shape index (κ1) is 15.2. The van der Waals surface area contributed by atoms with Gasteiger partial charge in [0.1, 0.15) is 12.2 Å². The molecule has 4 heteroatoms. The van der Waals surface area contributed by atoms with Crippen LogP contribution in [0.2, 0.25) is 0 Å². The topological polar surface area (TPSA) is 47.9 Å². The average Bonchev–Trinajstić information content (AvgIpc) is 2.75. The van der Waals surface area contributed by atoms with Crippen molar-refractivity contribution in [3.05, 3.63) is 48.0 Å².